The SMILES string of the molecule is CC/C(C)=C\Cc1nc(-c2ccc(OC)cc2)c(C2=CCC(OC)C=C2)n1Cc1ccc(COCNCCOCCOCCN)cc1. The molecule has 1 atom stereocenters. The fourth-order valence-electron chi connectivity index (χ4n) is 5.22. The van der Waals surface area contributed by atoms with Crippen molar-refractivity contribution in [2.45, 2.75) is 52.4 Å². The normalized spacial score (nSPS) is 14.9. The number of benzene rings is 2. The zero-order chi connectivity index (χ0) is 33.3. The second-order valence-electron chi connectivity index (χ2n) is 11.5. The Morgan fingerprint density at radius 2 is 1.72 bits per heavy atom. The van der Waals surface area contributed by atoms with Gasteiger partial charge in [0, 0.05) is 38.7 Å². The average Bonchev–Trinajstić information content (AvgIpc) is 3.47. The van der Waals surface area contributed by atoms with Crippen molar-refractivity contribution in [2.24, 2.45) is 5.73 Å². The minimum absolute atomic E-state index is 0.0825. The molecule has 0 aliphatic heterocycles. The molecule has 1 aromatic heterocycles. The standard InChI is InChI=1S/C38H52N4O5/c1-5-29(2)6-19-36-41-37(32-11-15-34(43-3)16-12-32)38(33-13-17-35(44-4)18-14-33)42(36)26-30-7-9-31(10-8-30)27-47-28-40-21-23-46-25-24-45-22-20-39/h6-17,35,40H,5,18-28,39H2,1-4H3/b29-6-. The number of allylic oxidation sites excluding steroid dienone is 4. The van der Waals surface area contributed by atoms with Crippen LogP contribution in [-0.2, 0) is 38.5 Å². The topological polar surface area (TPSA) is 102 Å². The summed E-state index contributed by atoms with van der Waals surface area (Å²) in [4.78, 5) is 5.29. The van der Waals surface area contributed by atoms with E-state index < -0.39 is 0 Å². The van der Waals surface area contributed by atoms with Crippen LogP contribution >= 0.6 is 0 Å². The molecule has 9 heteroatoms. The van der Waals surface area contributed by atoms with E-state index in [4.69, 9.17) is 34.4 Å². The molecule has 3 N–H and O–H groups in total. The summed E-state index contributed by atoms with van der Waals surface area (Å²) in [6.45, 7) is 9.62. The molecule has 3 aromatic rings. The molecule has 0 radical (unpaired) electrons. The molecule has 0 saturated heterocycles. The summed E-state index contributed by atoms with van der Waals surface area (Å²) in [5.41, 5.74) is 13.4. The van der Waals surface area contributed by atoms with Crippen LogP contribution in [0.4, 0.5) is 0 Å². The predicted octanol–water partition coefficient (Wildman–Crippen LogP) is 5.92. The summed E-state index contributed by atoms with van der Waals surface area (Å²) in [6.07, 6.45) is 11.6. The molecule has 9 nitrogen and oxygen atoms in total. The summed E-state index contributed by atoms with van der Waals surface area (Å²) in [7, 11) is 3.45. The Morgan fingerprint density at radius 3 is 2.38 bits per heavy atom. The molecule has 1 unspecified atom stereocenters. The highest BCUT2D eigenvalue weighted by molar-refractivity contribution is 5.83. The maximum absolute atomic E-state index is 5.85. The van der Waals surface area contributed by atoms with Crippen LogP contribution in [-0.4, -0.2) is 76.1 Å². The first-order valence-electron chi connectivity index (χ1n) is 16.6. The van der Waals surface area contributed by atoms with Gasteiger partial charge in [0.05, 0.1) is 64.4 Å². The summed E-state index contributed by atoms with van der Waals surface area (Å²) in [6, 6.07) is 16.8. The van der Waals surface area contributed by atoms with Crippen molar-refractivity contribution < 1.29 is 23.7 Å². The van der Waals surface area contributed by atoms with Gasteiger partial charge in [-0.1, -0.05) is 61.1 Å². The number of nitrogens with two attached hydrogens (primary N) is 1. The Morgan fingerprint density at radius 1 is 0.979 bits per heavy atom. The number of hydrogen-bond donors (Lipinski definition) is 2. The number of aromatic nitrogens is 2. The van der Waals surface area contributed by atoms with Crippen LogP contribution in [0.2, 0.25) is 0 Å². The predicted molar refractivity (Wildman–Crippen MR) is 188 cm³/mol. The molecule has 47 heavy (non-hydrogen) atoms. The van der Waals surface area contributed by atoms with Crippen LogP contribution in [0.3, 0.4) is 0 Å². The molecular formula is C38H52N4O5. The highest BCUT2D eigenvalue weighted by atomic mass is 16.5. The lowest BCUT2D eigenvalue weighted by Crippen LogP contribution is -2.23. The first kappa shape index (κ1) is 36.3. The van der Waals surface area contributed by atoms with Gasteiger partial charge in [-0.3, -0.25) is 5.32 Å². The Kier molecular flexibility index (Phi) is 15.4. The van der Waals surface area contributed by atoms with Gasteiger partial charge in [0.2, 0.25) is 0 Å². The Bertz CT molecular complexity index is 1440. The van der Waals surface area contributed by atoms with Crippen molar-refractivity contribution in [2.75, 3.05) is 60.5 Å². The molecule has 0 spiro atoms. The van der Waals surface area contributed by atoms with Crippen LogP contribution in [0.5, 0.6) is 5.75 Å². The van der Waals surface area contributed by atoms with Gasteiger partial charge < -0.3 is 34.0 Å². The molecular weight excluding hydrogens is 592 g/mol. The molecule has 2 aromatic carbocycles. The number of imidazole rings is 1. The maximum atomic E-state index is 5.85. The third-order valence-corrected chi connectivity index (χ3v) is 8.13. The Balaban J connectivity index is 1.48. The van der Waals surface area contributed by atoms with E-state index in [2.05, 4.69) is 84.4 Å². The molecule has 1 aliphatic rings. The molecule has 0 fully saturated rings. The van der Waals surface area contributed by atoms with E-state index >= 15 is 0 Å². The summed E-state index contributed by atoms with van der Waals surface area (Å²) < 4.78 is 30.1. The van der Waals surface area contributed by atoms with Crippen molar-refractivity contribution >= 4 is 5.57 Å². The third-order valence-electron chi connectivity index (χ3n) is 8.13. The number of methoxy groups -OCH3 is 2. The monoisotopic (exact) mass is 644 g/mol. The first-order chi connectivity index (χ1) is 23.1. The van der Waals surface area contributed by atoms with E-state index in [1.807, 2.05) is 12.1 Å². The van der Waals surface area contributed by atoms with Gasteiger partial charge in [-0.15, -0.1) is 0 Å². The van der Waals surface area contributed by atoms with E-state index in [-0.39, 0.29) is 6.10 Å². The van der Waals surface area contributed by atoms with E-state index in [1.54, 1.807) is 14.2 Å². The number of hydrogen-bond acceptors (Lipinski definition) is 8. The van der Waals surface area contributed by atoms with Crippen LogP contribution in [0.1, 0.15) is 49.3 Å². The lowest BCUT2D eigenvalue weighted by atomic mass is 9.98. The minimum atomic E-state index is 0.0825. The van der Waals surface area contributed by atoms with E-state index in [1.165, 1.54) is 11.1 Å². The quantitative estimate of drug-likeness (QED) is 0.0838. The van der Waals surface area contributed by atoms with Gasteiger partial charge in [0.15, 0.2) is 0 Å². The largest absolute Gasteiger partial charge is 0.497 e. The van der Waals surface area contributed by atoms with Gasteiger partial charge >= 0.3 is 0 Å². The van der Waals surface area contributed by atoms with Gasteiger partial charge in [-0.2, -0.15) is 0 Å². The highest BCUT2D eigenvalue weighted by Crippen LogP contribution is 2.34. The van der Waals surface area contributed by atoms with Gasteiger partial charge in [-0.25, -0.2) is 4.98 Å². The lowest BCUT2D eigenvalue weighted by Gasteiger charge is -2.18. The van der Waals surface area contributed by atoms with E-state index in [0.717, 1.165) is 58.9 Å². The zero-order valence-electron chi connectivity index (χ0n) is 28.5. The zero-order valence-corrected chi connectivity index (χ0v) is 28.5. The second kappa shape index (κ2) is 19.9. The van der Waals surface area contributed by atoms with Gasteiger partial charge in [0.1, 0.15) is 11.6 Å². The fraction of sp³-hybridized carbons (Fsp3) is 0.447. The average molecular weight is 645 g/mol. The van der Waals surface area contributed by atoms with E-state index in [0.29, 0.717) is 59.4 Å². The van der Waals surface area contributed by atoms with Crippen LogP contribution in [0, 0.1) is 0 Å². The molecule has 254 valence electrons. The number of nitrogens with one attached hydrogen (secondary N) is 1. The minimum Gasteiger partial charge on any atom is -0.497 e. The van der Waals surface area contributed by atoms with Crippen LogP contribution in [0.15, 0.2) is 78.4 Å². The summed E-state index contributed by atoms with van der Waals surface area (Å²) in [5.74, 6) is 1.86. The van der Waals surface area contributed by atoms with Crippen molar-refractivity contribution in [3.05, 3.63) is 101 Å². The van der Waals surface area contributed by atoms with E-state index in [9.17, 15) is 0 Å². The smallest absolute Gasteiger partial charge is 0.118 e. The van der Waals surface area contributed by atoms with Gasteiger partial charge in [0.25, 0.3) is 0 Å². The molecule has 0 amide bonds. The Labute approximate surface area is 280 Å². The maximum Gasteiger partial charge on any atom is 0.118 e. The first-order valence-corrected chi connectivity index (χ1v) is 16.6. The molecule has 1 heterocycles. The molecule has 0 saturated carbocycles. The van der Waals surface area contributed by atoms with Crippen molar-refractivity contribution in [1.82, 2.24) is 14.9 Å². The molecule has 1 aliphatic carbocycles. The van der Waals surface area contributed by atoms with Crippen molar-refractivity contribution in [3.8, 4) is 17.0 Å². The van der Waals surface area contributed by atoms with Crippen molar-refractivity contribution in [1.29, 1.82) is 0 Å². The summed E-state index contributed by atoms with van der Waals surface area (Å²) >= 11 is 0. The lowest BCUT2D eigenvalue weighted by molar-refractivity contribution is 0.0457. The Hall–Kier alpha value is -3.57. The third kappa shape index (κ3) is 11.3. The number of ether oxygens (including phenoxy) is 5. The van der Waals surface area contributed by atoms with Crippen molar-refractivity contribution in [3.63, 3.8) is 0 Å². The number of nitrogens with zero attached hydrogens (tertiary/aromatic N) is 2. The van der Waals surface area contributed by atoms with Crippen LogP contribution in [0.25, 0.3) is 16.8 Å². The fourth-order valence-corrected chi connectivity index (χ4v) is 5.22. The summed E-state index contributed by atoms with van der Waals surface area (Å²) in [5, 5.41) is 3.25. The number of rotatable bonds is 21. The highest BCUT2D eigenvalue weighted by Gasteiger charge is 2.22. The van der Waals surface area contributed by atoms with Crippen LogP contribution < -0.4 is 15.8 Å². The van der Waals surface area contributed by atoms with Gasteiger partial charge in [-0.05, 0) is 60.7 Å². The molecule has 4 rings (SSSR count). The second-order valence-corrected chi connectivity index (χ2v) is 11.5. The molecule has 0 bridgehead atoms.